The Kier molecular flexibility index (Phi) is 3.86. The molecule has 1 aliphatic rings. The highest BCUT2D eigenvalue weighted by molar-refractivity contribution is 5.12. The van der Waals surface area contributed by atoms with Crippen LogP contribution in [-0.4, -0.2) is 31.0 Å². The van der Waals surface area contributed by atoms with E-state index >= 15 is 0 Å². The molecule has 3 heterocycles. The Morgan fingerprint density at radius 3 is 2.95 bits per heavy atom. The van der Waals surface area contributed by atoms with Crippen LogP contribution in [0.4, 0.5) is 0 Å². The molecule has 6 nitrogen and oxygen atoms in total. The number of nitrogens with zero attached hydrogens (tertiary/aromatic N) is 1. The van der Waals surface area contributed by atoms with Gasteiger partial charge in [-0.2, -0.15) is 0 Å². The minimum Gasteiger partial charge on any atom is -0.468 e. The van der Waals surface area contributed by atoms with Gasteiger partial charge in [-0.1, -0.05) is 5.16 Å². The van der Waals surface area contributed by atoms with E-state index in [1.165, 1.54) is 0 Å². The molecule has 1 saturated heterocycles. The van der Waals surface area contributed by atoms with Gasteiger partial charge in [-0.15, -0.1) is 0 Å². The molecule has 0 radical (unpaired) electrons. The number of furan rings is 1. The molecule has 0 saturated carbocycles. The van der Waals surface area contributed by atoms with E-state index in [4.69, 9.17) is 18.4 Å². The van der Waals surface area contributed by atoms with Crippen LogP contribution in [0.2, 0.25) is 0 Å². The van der Waals surface area contributed by atoms with E-state index in [0.717, 1.165) is 23.6 Å². The van der Waals surface area contributed by atoms with Crippen LogP contribution in [0.15, 0.2) is 33.4 Å². The fourth-order valence-corrected chi connectivity index (χ4v) is 2.30. The maximum Gasteiger partial charge on any atom is 0.162 e. The molecule has 0 bridgehead atoms. The van der Waals surface area contributed by atoms with Crippen molar-refractivity contribution in [3.05, 3.63) is 41.7 Å². The summed E-state index contributed by atoms with van der Waals surface area (Å²) in [5.41, 5.74) is 0.820. The van der Waals surface area contributed by atoms with E-state index in [0.29, 0.717) is 26.4 Å². The molecule has 108 valence electrons. The van der Waals surface area contributed by atoms with E-state index in [2.05, 4.69) is 10.5 Å². The van der Waals surface area contributed by atoms with Crippen molar-refractivity contribution in [1.29, 1.82) is 0 Å². The quantitative estimate of drug-likeness (QED) is 0.828. The summed E-state index contributed by atoms with van der Waals surface area (Å²) in [4.78, 5) is 0. The van der Waals surface area contributed by atoms with Gasteiger partial charge in [-0.05, 0) is 12.1 Å². The smallest absolute Gasteiger partial charge is 0.162 e. The Morgan fingerprint density at radius 2 is 2.30 bits per heavy atom. The summed E-state index contributed by atoms with van der Waals surface area (Å²) >= 11 is 0. The Bertz CT molecular complexity index is 531. The van der Waals surface area contributed by atoms with Gasteiger partial charge in [0.1, 0.15) is 12.4 Å². The lowest BCUT2D eigenvalue weighted by atomic mass is 9.91. The molecule has 0 spiro atoms. The molecule has 0 unspecified atom stereocenters. The topological polar surface area (TPSA) is 69.7 Å². The van der Waals surface area contributed by atoms with Gasteiger partial charge in [0.2, 0.25) is 0 Å². The van der Waals surface area contributed by atoms with E-state index in [1.807, 2.05) is 18.2 Å². The van der Waals surface area contributed by atoms with Crippen molar-refractivity contribution < 1.29 is 18.4 Å². The van der Waals surface area contributed by atoms with Crippen LogP contribution in [0.1, 0.15) is 17.2 Å². The number of hydrogen-bond donors (Lipinski definition) is 1. The second-order valence-corrected chi connectivity index (χ2v) is 5.10. The van der Waals surface area contributed by atoms with E-state index in [9.17, 15) is 0 Å². The molecular formula is C14H18N2O4. The number of rotatable bonds is 7. The predicted molar refractivity (Wildman–Crippen MR) is 70.0 cm³/mol. The fraction of sp³-hybridized carbons (Fsp3) is 0.500. The highest BCUT2D eigenvalue weighted by Crippen LogP contribution is 2.23. The first kappa shape index (κ1) is 13.4. The first-order chi connectivity index (χ1) is 9.80. The summed E-state index contributed by atoms with van der Waals surface area (Å²) < 4.78 is 20.9. The largest absolute Gasteiger partial charge is 0.468 e. The molecule has 0 aliphatic carbocycles. The first-order valence-electron chi connectivity index (χ1n) is 6.58. The van der Waals surface area contributed by atoms with Crippen molar-refractivity contribution in [2.45, 2.75) is 25.1 Å². The van der Waals surface area contributed by atoms with Crippen LogP contribution in [-0.2, 0) is 29.0 Å². The maximum absolute atomic E-state index is 5.36. The van der Waals surface area contributed by atoms with Crippen molar-refractivity contribution in [1.82, 2.24) is 10.5 Å². The summed E-state index contributed by atoms with van der Waals surface area (Å²) in [7, 11) is 1.63. The maximum atomic E-state index is 5.36. The molecule has 2 aromatic heterocycles. The average molecular weight is 278 g/mol. The normalized spacial score (nSPS) is 17.1. The molecule has 0 amide bonds. The molecule has 0 atom stereocenters. The van der Waals surface area contributed by atoms with Crippen LogP contribution in [0.25, 0.3) is 0 Å². The fourth-order valence-electron chi connectivity index (χ4n) is 2.30. The third-order valence-corrected chi connectivity index (χ3v) is 3.39. The second kappa shape index (κ2) is 5.78. The highest BCUT2D eigenvalue weighted by atomic mass is 16.5. The molecule has 3 rings (SSSR count). The Hall–Kier alpha value is -1.63. The van der Waals surface area contributed by atoms with Crippen molar-refractivity contribution in [3.63, 3.8) is 0 Å². The third-order valence-electron chi connectivity index (χ3n) is 3.39. The number of methoxy groups -OCH3 is 1. The molecule has 1 N–H and O–H groups in total. The molecular weight excluding hydrogens is 260 g/mol. The molecule has 0 aromatic carbocycles. The van der Waals surface area contributed by atoms with Crippen molar-refractivity contribution in [2.75, 3.05) is 20.3 Å². The number of ether oxygens (including phenoxy) is 2. The Balaban J connectivity index is 1.60. The Labute approximate surface area is 117 Å². The summed E-state index contributed by atoms with van der Waals surface area (Å²) in [6, 6.07) is 5.76. The van der Waals surface area contributed by atoms with E-state index in [1.54, 1.807) is 13.4 Å². The summed E-state index contributed by atoms with van der Waals surface area (Å²) in [6.45, 7) is 2.45. The monoisotopic (exact) mass is 278 g/mol. The lowest BCUT2D eigenvalue weighted by molar-refractivity contribution is -0.0761. The van der Waals surface area contributed by atoms with E-state index < -0.39 is 0 Å². The lowest BCUT2D eigenvalue weighted by Crippen LogP contribution is -2.61. The highest BCUT2D eigenvalue weighted by Gasteiger charge is 2.39. The van der Waals surface area contributed by atoms with Gasteiger partial charge < -0.3 is 18.4 Å². The lowest BCUT2D eigenvalue weighted by Gasteiger charge is -2.41. The third kappa shape index (κ3) is 2.92. The van der Waals surface area contributed by atoms with Crippen LogP contribution in [0.3, 0.4) is 0 Å². The Morgan fingerprint density at radius 1 is 1.40 bits per heavy atom. The summed E-state index contributed by atoms with van der Waals surface area (Å²) in [6.07, 6.45) is 2.44. The number of aromatic nitrogens is 1. The van der Waals surface area contributed by atoms with Crippen molar-refractivity contribution >= 4 is 0 Å². The van der Waals surface area contributed by atoms with Gasteiger partial charge >= 0.3 is 0 Å². The zero-order chi connectivity index (χ0) is 13.8. The molecule has 1 aliphatic heterocycles. The predicted octanol–water partition coefficient (Wildman–Crippen LogP) is 1.52. The molecule has 6 heteroatoms. The first-order valence-corrected chi connectivity index (χ1v) is 6.58. The van der Waals surface area contributed by atoms with Crippen molar-refractivity contribution in [3.8, 4) is 0 Å². The van der Waals surface area contributed by atoms with Gasteiger partial charge in [0.05, 0.1) is 37.3 Å². The zero-order valence-electron chi connectivity index (χ0n) is 11.4. The van der Waals surface area contributed by atoms with Gasteiger partial charge in [0.15, 0.2) is 5.76 Å². The molecule has 1 fully saturated rings. The van der Waals surface area contributed by atoms with Crippen LogP contribution < -0.4 is 5.32 Å². The van der Waals surface area contributed by atoms with Crippen LogP contribution >= 0.6 is 0 Å². The zero-order valence-corrected chi connectivity index (χ0v) is 11.4. The second-order valence-electron chi connectivity index (χ2n) is 5.10. The summed E-state index contributed by atoms with van der Waals surface area (Å²) in [5, 5.41) is 7.57. The SMILES string of the molecule is COCc1cc(CC2(NCc3ccco3)COC2)no1. The number of nitrogens with one attached hydrogen (secondary N) is 1. The van der Waals surface area contributed by atoms with Gasteiger partial charge in [0.25, 0.3) is 0 Å². The average Bonchev–Trinajstić information content (AvgIpc) is 3.04. The molecule has 2 aromatic rings. The van der Waals surface area contributed by atoms with E-state index in [-0.39, 0.29) is 5.54 Å². The minimum atomic E-state index is -0.0893. The van der Waals surface area contributed by atoms with Gasteiger partial charge in [-0.3, -0.25) is 5.32 Å². The van der Waals surface area contributed by atoms with Gasteiger partial charge in [0, 0.05) is 19.6 Å². The van der Waals surface area contributed by atoms with Crippen molar-refractivity contribution in [2.24, 2.45) is 0 Å². The van der Waals surface area contributed by atoms with Crippen LogP contribution in [0.5, 0.6) is 0 Å². The standard InChI is InChI=1S/C14H18N2O4/c1-17-8-13-5-11(16-20-13)6-14(9-18-10-14)15-7-12-3-2-4-19-12/h2-5,15H,6-10H2,1H3. The van der Waals surface area contributed by atoms with Gasteiger partial charge in [-0.25, -0.2) is 0 Å². The molecule has 20 heavy (non-hydrogen) atoms. The number of hydrogen-bond acceptors (Lipinski definition) is 6. The minimum absolute atomic E-state index is 0.0893. The van der Waals surface area contributed by atoms with Crippen LogP contribution in [0, 0.1) is 0 Å². The summed E-state index contributed by atoms with van der Waals surface area (Å²) in [5.74, 6) is 1.65.